The zero-order valence-electron chi connectivity index (χ0n) is 11.6. The predicted molar refractivity (Wildman–Crippen MR) is 89.6 cm³/mol. The monoisotopic (exact) mass is 360 g/mol. The van der Waals surface area contributed by atoms with Crippen LogP contribution < -0.4 is 10.6 Å². The molecule has 0 aromatic heterocycles. The molecule has 0 radical (unpaired) electrons. The average molecular weight is 362 g/mol. The lowest BCUT2D eigenvalue weighted by Crippen LogP contribution is -2.28. The topological polar surface area (TPSA) is 46.3 Å². The third kappa shape index (κ3) is 4.47. The fourth-order valence-corrected chi connectivity index (χ4v) is 2.95. The zero-order valence-corrected chi connectivity index (χ0v) is 14.0. The lowest BCUT2D eigenvalue weighted by Gasteiger charge is -2.17. The minimum absolute atomic E-state index is 0. The Balaban J connectivity index is 0.00000200. The van der Waals surface area contributed by atoms with Crippen LogP contribution in [0.15, 0.2) is 22.7 Å². The molecule has 0 atom stereocenters. The molecule has 1 aromatic rings. The lowest BCUT2D eigenvalue weighted by molar-refractivity contribution is -0.118. The number of fused-ring (bicyclic) bond motifs is 1. The summed E-state index contributed by atoms with van der Waals surface area (Å²) in [5.74, 6) is 0.258. The first-order valence-electron chi connectivity index (χ1n) is 7.01. The molecule has 20 heavy (non-hydrogen) atoms. The molecule has 1 heterocycles. The fraction of sp³-hybridized carbons (Fsp3) is 0.533. The van der Waals surface area contributed by atoms with Gasteiger partial charge in [-0.15, -0.1) is 12.4 Å². The second kappa shape index (κ2) is 8.65. The number of carbonyl (C=O) groups excluding carboxylic acids is 1. The number of amides is 1. The molecule has 1 amide bonds. The normalized spacial score (nSPS) is 13.0. The van der Waals surface area contributed by atoms with Crippen molar-refractivity contribution in [2.45, 2.75) is 38.5 Å². The molecule has 1 aromatic carbocycles. The van der Waals surface area contributed by atoms with E-state index >= 15 is 0 Å². The quantitative estimate of drug-likeness (QED) is 0.786. The van der Waals surface area contributed by atoms with E-state index in [1.54, 1.807) is 0 Å². The largest absolute Gasteiger partial charge is 0.330 e. The summed E-state index contributed by atoms with van der Waals surface area (Å²) < 4.78 is 1.09. The van der Waals surface area contributed by atoms with E-state index in [0.717, 1.165) is 55.4 Å². The van der Waals surface area contributed by atoms with Crippen LogP contribution in [0.1, 0.15) is 37.7 Å². The van der Waals surface area contributed by atoms with Crippen LogP contribution >= 0.6 is 28.3 Å². The van der Waals surface area contributed by atoms with Gasteiger partial charge < -0.3 is 10.6 Å². The van der Waals surface area contributed by atoms with Gasteiger partial charge in [-0.2, -0.15) is 0 Å². The number of rotatable bonds is 6. The van der Waals surface area contributed by atoms with Crippen molar-refractivity contribution in [3.63, 3.8) is 0 Å². The molecule has 5 heteroatoms. The molecule has 0 unspecified atom stereocenters. The van der Waals surface area contributed by atoms with Gasteiger partial charge in [-0.3, -0.25) is 4.79 Å². The molecule has 0 saturated heterocycles. The number of benzene rings is 1. The molecule has 112 valence electrons. The SMILES string of the molecule is Cl.NCCCCCCC(=O)N1CCc2cc(Br)ccc21. The number of hydrogen-bond donors (Lipinski definition) is 1. The Morgan fingerprint density at radius 1 is 1.25 bits per heavy atom. The Morgan fingerprint density at radius 2 is 2.00 bits per heavy atom. The van der Waals surface area contributed by atoms with Crippen LogP contribution in [0.3, 0.4) is 0 Å². The molecule has 1 aliphatic rings. The first-order chi connectivity index (χ1) is 9.22. The van der Waals surface area contributed by atoms with Crippen molar-refractivity contribution >= 4 is 39.9 Å². The Hall–Kier alpha value is -0.580. The van der Waals surface area contributed by atoms with Crippen LogP contribution in [0.2, 0.25) is 0 Å². The summed E-state index contributed by atoms with van der Waals surface area (Å²) in [7, 11) is 0. The minimum atomic E-state index is 0. The number of hydrogen-bond acceptors (Lipinski definition) is 2. The van der Waals surface area contributed by atoms with E-state index in [1.165, 1.54) is 5.56 Å². The van der Waals surface area contributed by atoms with E-state index < -0.39 is 0 Å². The van der Waals surface area contributed by atoms with Crippen molar-refractivity contribution in [2.24, 2.45) is 5.73 Å². The maximum Gasteiger partial charge on any atom is 0.226 e. The zero-order chi connectivity index (χ0) is 13.7. The molecular formula is C15H22BrClN2O. The Labute approximate surface area is 135 Å². The molecule has 0 saturated carbocycles. The second-order valence-corrected chi connectivity index (χ2v) is 5.94. The highest BCUT2D eigenvalue weighted by Gasteiger charge is 2.23. The third-order valence-electron chi connectivity index (χ3n) is 3.58. The van der Waals surface area contributed by atoms with Crippen molar-refractivity contribution in [1.29, 1.82) is 0 Å². The maximum absolute atomic E-state index is 12.2. The van der Waals surface area contributed by atoms with Crippen LogP contribution in [0.5, 0.6) is 0 Å². The van der Waals surface area contributed by atoms with E-state index in [4.69, 9.17) is 5.73 Å². The van der Waals surface area contributed by atoms with Crippen molar-refractivity contribution in [2.75, 3.05) is 18.0 Å². The highest BCUT2D eigenvalue weighted by atomic mass is 79.9. The highest BCUT2D eigenvalue weighted by Crippen LogP contribution is 2.31. The van der Waals surface area contributed by atoms with Gasteiger partial charge in [-0.05, 0) is 49.6 Å². The highest BCUT2D eigenvalue weighted by molar-refractivity contribution is 9.10. The molecule has 3 nitrogen and oxygen atoms in total. The average Bonchev–Trinajstić information content (AvgIpc) is 2.81. The minimum Gasteiger partial charge on any atom is -0.330 e. The van der Waals surface area contributed by atoms with E-state index in [2.05, 4.69) is 22.0 Å². The Kier molecular flexibility index (Phi) is 7.56. The smallest absolute Gasteiger partial charge is 0.226 e. The molecule has 0 bridgehead atoms. The van der Waals surface area contributed by atoms with Gasteiger partial charge in [0.2, 0.25) is 5.91 Å². The summed E-state index contributed by atoms with van der Waals surface area (Å²) >= 11 is 3.47. The summed E-state index contributed by atoms with van der Waals surface area (Å²) in [5, 5.41) is 0. The van der Waals surface area contributed by atoms with Gasteiger partial charge in [0.15, 0.2) is 0 Å². The lowest BCUT2D eigenvalue weighted by atomic mass is 10.1. The molecular weight excluding hydrogens is 340 g/mol. The fourth-order valence-electron chi connectivity index (χ4n) is 2.54. The van der Waals surface area contributed by atoms with Gasteiger partial charge in [0.05, 0.1) is 0 Å². The van der Waals surface area contributed by atoms with E-state index in [-0.39, 0.29) is 18.3 Å². The molecule has 1 aliphatic heterocycles. The summed E-state index contributed by atoms with van der Waals surface area (Å²) in [4.78, 5) is 14.2. The molecule has 0 spiro atoms. The number of carbonyl (C=O) groups is 1. The van der Waals surface area contributed by atoms with Crippen molar-refractivity contribution in [3.05, 3.63) is 28.2 Å². The summed E-state index contributed by atoms with van der Waals surface area (Å²) in [5.41, 5.74) is 7.82. The van der Waals surface area contributed by atoms with Crippen LogP contribution in [-0.4, -0.2) is 19.0 Å². The first-order valence-corrected chi connectivity index (χ1v) is 7.80. The third-order valence-corrected chi connectivity index (χ3v) is 4.08. The van der Waals surface area contributed by atoms with Gasteiger partial charge in [0.1, 0.15) is 0 Å². The first kappa shape index (κ1) is 17.5. The maximum atomic E-state index is 12.2. The summed E-state index contributed by atoms with van der Waals surface area (Å²) in [6.45, 7) is 1.58. The van der Waals surface area contributed by atoms with E-state index in [9.17, 15) is 4.79 Å². The summed E-state index contributed by atoms with van der Waals surface area (Å²) in [6, 6.07) is 6.16. The van der Waals surface area contributed by atoms with Gasteiger partial charge in [0.25, 0.3) is 0 Å². The number of nitrogens with two attached hydrogens (primary N) is 1. The van der Waals surface area contributed by atoms with Gasteiger partial charge in [-0.25, -0.2) is 0 Å². The standard InChI is InChI=1S/C15H21BrN2O.ClH/c16-13-6-7-14-12(11-13)8-10-18(14)15(19)5-3-1-2-4-9-17;/h6-7,11H,1-5,8-10,17H2;1H. The Bertz CT molecular complexity index is 453. The van der Waals surface area contributed by atoms with Crippen molar-refractivity contribution < 1.29 is 4.79 Å². The molecule has 0 aliphatic carbocycles. The van der Waals surface area contributed by atoms with Gasteiger partial charge in [-0.1, -0.05) is 28.8 Å². The number of anilines is 1. The second-order valence-electron chi connectivity index (χ2n) is 5.02. The summed E-state index contributed by atoms with van der Waals surface area (Å²) in [6.07, 6.45) is 5.89. The number of halogens is 2. The molecule has 2 rings (SSSR count). The van der Waals surface area contributed by atoms with Crippen LogP contribution in [0.4, 0.5) is 5.69 Å². The van der Waals surface area contributed by atoms with Gasteiger partial charge in [0, 0.05) is 23.1 Å². The predicted octanol–water partition coefficient (Wildman–Crippen LogP) is 3.67. The van der Waals surface area contributed by atoms with E-state index in [0.29, 0.717) is 6.42 Å². The Morgan fingerprint density at radius 3 is 2.75 bits per heavy atom. The molecule has 0 fully saturated rings. The molecule has 2 N–H and O–H groups in total. The van der Waals surface area contributed by atoms with Crippen LogP contribution in [0, 0.1) is 0 Å². The van der Waals surface area contributed by atoms with Crippen LogP contribution in [-0.2, 0) is 11.2 Å². The van der Waals surface area contributed by atoms with Crippen molar-refractivity contribution in [1.82, 2.24) is 0 Å². The van der Waals surface area contributed by atoms with E-state index in [1.807, 2.05) is 17.0 Å². The van der Waals surface area contributed by atoms with Crippen LogP contribution in [0.25, 0.3) is 0 Å². The van der Waals surface area contributed by atoms with Gasteiger partial charge >= 0.3 is 0 Å². The number of nitrogens with zero attached hydrogens (tertiary/aromatic N) is 1. The number of unbranched alkanes of at least 4 members (excludes halogenated alkanes) is 3. The van der Waals surface area contributed by atoms with Crippen molar-refractivity contribution in [3.8, 4) is 0 Å².